The lowest BCUT2D eigenvalue weighted by molar-refractivity contribution is -0.254. The molecule has 0 spiro atoms. The second-order valence-electron chi connectivity index (χ2n) is 8.98. The Labute approximate surface area is 215 Å². The van der Waals surface area contributed by atoms with Crippen LogP contribution in [-0.4, -0.2) is 64.4 Å². The predicted octanol–water partition coefficient (Wildman–Crippen LogP) is 5.35. The third-order valence-corrected chi connectivity index (χ3v) is 6.96. The van der Waals surface area contributed by atoms with Crippen LogP contribution < -0.4 is 0 Å². The first-order chi connectivity index (χ1) is 17.7. The van der Waals surface area contributed by atoms with E-state index in [2.05, 4.69) is 15.1 Å². The fourth-order valence-electron chi connectivity index (χ4n) is 4.40. The summed E-state index contributed by atoms with van der Waals surface area (Å²) >= 11 is 5.88. The van der Waals surface area contributed by atoms with Gasteiger partial charge in [0.2, 0.25) is 12.6 Å². The van der Waals surface area contributed by atoms with Gasteiger partial charge in [-0.05, 0) is 48.6 Å². The Morgan fingerprint density at radius 1 is 1.18 bits per heavy atom. The summed E-state index contributed by atoms with van der Waals surface area (Å²) in [6.45, 7) is 1.42. The van der Waals surface area contributed by atoms with E-state index in [0.717, 1.165) is 6.08 Å². The van der Waals surface area contributed by atoms with Crippen LogP contribution in [0, 0.1) is 6.92 Å². The van der Waals surface area contributed by atoms with Crippen molar-refractivity contribution in [1.29, 1.82) is 0 Å². The average Bonchev–Trinajstić information content (AvgIpc) is 3.50. The molecule has 1 aliphatic carbocycles. The number of carbonyl (C=O) groups is 2. The first-order valence-electron chi connectivity index (χ1n) is 11.2. The van der Waals surface area contributed by atoms with Crippen molar-refractivity contribution in [3.63, 3.8) is 0 Å². The normalized spacial score (nSPS) is 27.6. The highest BCUT2D eigenvalue weighted by Crippen LogP contribution is 2.49. The molecule has 206 valence electrons. The first kappa shape index (κ1) is 27.9. The highest BCUT2D eigenvalue weighted by atomic mass is 35.5. The van der Waals surface area contributed by atoms with Crippen LogP contribution in [0.4, 0.5) is 30.7 Å². The number of alkyl halides is 8. The fraction of sp³-hybridized carbons (Fsp3) is 0.478. The van der Waals surface area contributed by atoms with Crippen molar-refractivity contribution < 1.29 is 50.0 Å². The molecule has 2 aliphatic heterocycles. The third-order valence-electron chi connectivity index (χ3n) is 6.53. The second kappa shape index (κ2) is 9.86. The van der Waals surface area contributed by atoms with Crippen LogP contribution in [-0.2, 0) is 14.5 Å². The lowest BCUT2D eigenvalue weighted by Gasteiger charge is -2.35. The van der Waals surface area contributed by atoms with Gasteiger partial charge >= 0.3 is 12.4 Å². The van der Waals surface area contributed by atoms with E-state index >= 15 is 0 Å². The van der Waals surface area contributed by atoms with E-state index in [1.54, 1.807) is 0 Å². The molecule has 2 amide bonds. The summed E-state index contributed by atoms with van der Waals surface area (Å²) in [6, 6.07) is 3.79. The van der Waals surface area contributed by atoms with Crippen LogP contribution in [0.5, 0.6) is 0 Å². The summed E-state index contributed by atoms with van der Waals surface area (Å²) in [4.78, 5) is 34.4. The number of imide groups is 1. The van der Waals surface area contributed by atoms with Crippen molar-refractivity contribution in [2.45, 2.75) is 68.3 Å². The number of rotatable bonds is 5. The van der Waals surface area contributed by atoms with Gasteiger partial charge in [0.15, 0.2) is 5.71 Å². The molecule has 4 rings (SSSR count). The summed E-state index contributed by atoms with van der Waals surface area (Å²) in [5.41, 5.74) is -4.21. The van der Waals surface area contributed by atoms with Crippen LogP contribution in [0.1, 0.15) is 47.2 Å². The monoisotopic (exact) mass is 569 g/mol. The Morgan fingerprint density at radius 2 is 1.89 bits per heavy atom. The Hall–Kier alpha value is -3.16. The number of aryl methyl sites for hydroxylation is 1. The molecule has 0 N–H and O–H groups in total. The van der Waals surface area contributed by atoms with Gasteiger partial charge in [0, 0.05) is 12.0 Å². The largest absolute Gasteiger partial charge is 0.435 e. The minimum absolute atomic E-state index is 0.00573. The number of hydrogen-bond acceptors (Lipinski definition) is 6. The van der Waals surface area contributed by atoms with Gasteiger partial charge in [0.1, 0.15) is 6.17 Å². The lowest BCUT2D eigenvalue weighted by Crippen LogP contribution is -2.49. The topological polar surface area (TPSA) is 80.6 Å². The molecule has 4 atom stereocenters. The van der Waals surface area contributed by atoms with E-state index in [4.69, 9.17) is 16.4 Å². The number of nitrogens with zero attached hydrogens (tertiary/aromatic N) is 3. The molecule has 1 aromatic rings. The van der Waals surface area contributed by atoms with Crippen molar-refractivity contribution >= 4 is 35.3 Å². The fourth-order valence-corrected chi connectivity index (χ4v) is 4.67. The van der Waals surface area contributed by atoms with Gasteiger partial charge in [0.25, 0.3) is 11.5 Å². The van der Waals surface area contributed by atoms with Crippen molar-refractivity contribution in [2.24, 2.45) is 10.3 Å². The first-order valence-corrected chi connectivity index (χ1v) is 11.6. The maximum Gasteiger partial charge on any atom is 0.435 e. The molecule has 0 radical (unpaired) electrons. The van der Waals surface area contributed by atoms with Crippen molar-refractivity contribution in [3.8, 4) is 0 Å². The number of oxime groups is 2. The average molecular weight is 570 g/mol. The zero-order chi connectivity index (χ0) is 28.0. The Morgan fingerprint density at radius 3 is 2.45 bits per heavy atom. The summed E-state index contributed by atoms with van der Waals surface area (Å²) in [5.74, 6) is -0.997. The van der Waals surface area contributed by atoms with Crippen molar-refractivity contribution in [3.05, 3.63) is 46.5 Å². The number of carbonyl (C=O) groups excluding carboxylic acids is 2. The Balaban J connectivity index is 1.54. The van der Waals surface area contributed by atoms with Crippen LogP contribution in [0.2, 0.25) is 0 Å². The molecule has 38 heavy (non-hydrogen) atoms. The maximum absolute atomic E-state index is 14.2. The predicted molar refractivity (Wildman–Crippen MR) is 119 cm³/mol. The number of benzene rings is 1. The molecule has 0 aromatic heterocycles. The van der Waals surface area contributed by atoms with E-state index in [-0.39, 0.29) is 47.2 Å². The van der Waals surface area contributed by atoms with Gasteiger partial charge in [-0.1, -0.05) is 22.5 Å². The molecule has 0 bridgehead atoms. The van der Waals surface area contributed by atoms with Gasteiger partial charge in [-0.15, -0.1) is 11.6 Å². The summed E-state index contributed by atoms with van der Waals surface area (Å²) in [6.07, 6.45) is -14.0. The van der Waals surface area contributed by atoms with Gasteiger partial charge in [0.05, 0.1) is 17.5 Å². The molecule has 2 heterocycles. The molecule has 0 saturated heterocycles. The summed E-state index contributed by atoms with van der Waals surface area (Å²) in [5, 5.41) is 5.36. The Kier molecular flexibility index (Phi) is 7.23. The van der Waals surface area contributed by atoms with Gasteiger partial charge < -0.3 is 9.68 Å². The highest BCUT2D eigenvalue weighted by molar-refractivity contribution is 6.21. The van der Waals surface area contributed by atoms with Crippen LogP contribution in [0.25, 0.3) is 0 Å². The lowest BCUT2D eigenvalue weighted by atomic mass is 9.80. The zero-order valence-electron chi connectivity index (χ0n) is 19.4. The minimum Gasteiger partial charge on any atom is -0.374 e. The Bertz CT molecular complexity index is 1230. The van der Waals surface area contributed by atoms with Crippen molar-refractivity contribution in [1.82, 2.24) is 4.90 Å². The number of halogens is 8. The highest BCUT2D eigenvalue weighted by Gasteiger charge is 2.63. The SMILES string of the molecule is Cc1cc(C2=NOC(C3=CCC(F)C(Cl)C3)(C(F)(F)F)C2)ccc1C(=O)N(C=O)C1CC(C(F)(F)F)=NO1. The maximum atomic E-state index is 14.2. The van der Waals surface area contributed by atoms with E-state index in [0.29, 0.717) is 4.90 Å². The molecule has 0 saturated carbocycles. The summed E-state index contributed by atoms with van der Waals surface area (Å²) < 4.78 is 94.9. The van der Waals surface area contributed by atoms with E-state index in [9.17, 15) is 40.3 Å². The second-order valence-corrected chi connectivity index (χ2v) is 9.54. The van der Waals surface area contributed by atoms with Crippen molar-refractivity contribution in [2.75, 3.05) is 0 Å². The molecule has 0 fully saturated rings. The number of allylic oxidation sites excluding steroid dienone is 1. The quantitative estimate of drug-likeness (QED) is 0.207. The van der Waals surface area contributed by atoms with E-state index in [1.807, 2.05) is 0 Å². The van der Waals surface area contributed by atoms with Crippen LogP contribution >= 0.6 is 11.6 Å². The molecule has 7 nitrogen and oxygen atoms in total. The molecule has 3 aliphatic rings. The van der Waals surface area contributed by atoms with E-state index in [1.165, 1.54) is 25.1 Å². The third kappa shape index (κ3) is 4.97. The van der Waals surface area contributed by atoms with Crippen LogP contribution in [0.15, 0.2) is 40.2 Å². The molecular weight excluding hydrogens is 551 g/mol. The molecule has 4 unspecified atom stereocenters. The van der Waals surface area contributed by atoms with Gasteiger partial charge in [-0.25, -0.2) is 9.29 Å². The van der Waals surface area contributed by atoms with Gasteiger partial charge in [-0.2, -0.15) is 26.3 Å². The standard InChI is InChI=1S/C23H19ClF7N3O4/c1-11-6-12(2-4-14(11)20(36)34(10-35)19-8-18(33-37-19)22(26,27)28)17-9-21(38-32-17,23(29,30)31)13-3-5-16(25)15(24)7-13/h2-4,6,10,15-16,19H,5,7-9H2,1H3. The minimum atomic E-state index is -4.90. The number of hydrogen-bond donors (Lipinski definition) is 0. The molecule has 1 aromatic carbocycles. The number of amides is 2. The zero-order valence-corrected chi connectivity index (χ0v) is 20.2. The van der Waals surface area contributed by atoms with Gasteiger partial charge in [-0.3, -0.25) is 9.59 Å². The summed E-state index contributed by atoms with van der Waals surface area (Å²) in [7, 11) is 0. The smallest absolute Gasteiger partial charge is 0.374 e. The molecular formula is C23H19ClF7N3O4. The molecule has 15 heteroatoms. The van der Waals surface area contributed by atoms with Crippen LogP contribution in [0.3, 0.4) is 0 Å². The van der Waals surface area contributed by atoms with E-state index < -0.39 is 60.2 Å².